The Labute approximate surface area is 103 Å². The van der Waals surface area contributed by atoms with E-state index in [1.165, 1.54) is 32.1 Å². The van der Waals surface area contributed by atoms with Gasteiger partial charge in [0.15, 0.2) is 0 Å². The smallest absolute Gasteiger partial charge is 0.0213 e. The van der Waals surface area contributed by atoms with Crippen LogP contribution < -0.4 is 16.2 Å². The van der Waals surface area contributed by atoms with Crippen LogP contribution in [0.5, 0.6) is 0 Å². The molecule has 1 saturated carbocycles. The maximum Gasteiger partial charge on any atom is 0.0213 e. The largest absolute Gasteiger partial charge is 0.318 e. The highest BCUT2D eigenvalue weighted by molar-refractivity contribution is 4.70. The third kappa shape index (κ3) is 10.4. The van der Waals surface area contributed by atoms with Gasteiger partial charge in [-0.25, -0.2) is 0 Å². The van der Waals surface area contributed by atoms with Gasteiger partial charge in [-0.15, -0.1) is 0 Å². The van der Waals surface area contributed by atoms with E-state index in [0.717, 1.165) is 6.04 Å². The molecule has 0 amide bonds. The summed E-state index contributed by atoms with van der Waals surface area (Å²) in [6.45, 7) is 8.55. The Morgan fingerprint density at radius 1 is 0.938 bits per heavy atom. The summed E-state index contributed by atoms with van der Waals surface area (Å²) >= 11 is 0. The number of rotatable bonds is 4. The van der Waals surface area contributed by atoms with Crippen LogP contribution >= 0.6 is 0 Å². The summed E-state index contributed by atoms with van der Waals surface area (Å²) in [5.41, 5.74) is 6.64. The van der Waals surface area contributed by atoms with Gasteiger partial charge in [-0.05, 0) is 33.7 Å². The van der Waals surface area contributed by atoms with Gasteiger partial charge in [0.1, 0.15) is 0 Å². The van der Waals surface area contributed by atoms with E-state index < -0.39 is 0 Å². The standard InChI is InChI=1S/C9H20N2.C4H11N.H2/c1-8(2)10-11-9-6-4-3-5-7-9;1-4(2)5-3;/h8-11H,3-7H2,1-2H3;4-5H,1-3H3;1H. The summed E-state index contributed by atoms with van der Waals surface area (Å²) in [5.74, 6) is 0. The zero-order valence-electron chi connectivity index (χ0n) is 11.8. The van der Waals surface area contributed by atoms with E-state index in [1.54, 1.807) is 0 Å². The van der Waals surface area contributed by atoms with Gasteiger partial charge >= 0.3 is 0 Å². The fraction of sp³-hybridized carbons (Fsp3) is 1.00. The monoisotopic (exact) mass is 231 g/mol. The van der Waals surface area contributed by atoms with E-state index in [1.807, 2.05) is 7.05 Å². The van der Waals surface area contributed by atoms with Crippen LogP contribution in [-0.2, 0) is 0 Å². The summed E-state index contributed by atoms with van der Waals surface area (Å²) < 4.78 is 0. The third-order valence-electron chi connectivity index (χ3n) is 2.76. The van der Waals surface area contributed by atoms with Crippen LogP contribution in [0.2, 0.25) is 0 Å². The lowest BCUT2D eigenvalue weighted by Gasteiger charge is -2.24. The van der Waals surface area contributed by atoms with Crippen LogP contribution in [-0.4, -0.2) is 25.2 Å². The van der Waals surface area contributed by atoms with Gasteiger partial charge < -0.3 is 5.32 Å². The summed E-state index contributed by atoms with van der Waals surface area (Å²) in [7, 11) is 1.95. The van der Waals surface area contributed by atoms with Crippen LogP contribution in [0.15, 0.2) is 0 Å². The van der Waals surface area contributed by atoms with Gasteiger partial charge in [0.25, 0.3) is 0 Å². The minimum absolute atomic E-state index is 0. The van der Waals surface area contributed by atoms with E-state index in [9.17, 15) is 0 Å². The van der Waals surface area contributed by atoms with Crippen molar-refractivity contribution in [3.05, 3.63) is 0 Å². The van der Waals surface area contributed by atoms with E-state index in [4.69, 9.17) is 0 Å². The highest BCUT2D eigenvalue weighted by Crippen LogP contribution is 2.16. The molecule has 0 unspecified atom stereocenters. The first-order valence-corrected chi connectivity index (χ1v) is 6.74. The Balaban J connectivity index is 0. The summed E-state index contributed by atoms with van der Waals surface area (Å²) in [4.78, 5) is 0. The molecule has 0 aromatic heterocycles. The summed E-state index contributed by atoms with van der Waals surface area (Å²) in [6, 6.07) is 1.91. The second-order valence-electron chi connectivity index (χ2n) is 5.22. The Morgan fingerprint density at radius 2 is 1.44 bits per heavy atom. The van der Waals surface area contributed by atoms with E-state index in [0.29, 0.717) is 12.1 Å². The lowest BCUT2D eigenvalue weighted by Crippen LogP contribution is -2.45. The number of hydrogen-bond acceptors (Lipinski definition) is 3. The SMILES string of the molecule is CC(C)NNC1CCCCC1.CNC(C)C.[HH]. The molecule has 0 bridgehead atoms. The first kappa shape index (κ1) is 15.9. The Kier molecular flexibility index (Phi) is 9.99. The number of hydrogen-bond donors (Lipinski definition) is 3. The number of hydrazine groups is 1. The van der Waals surface area contributed by atoms with Crippen molar-refractivity contribution in [2.75, 3.05) is 7.05 Å². The van der Waals surface area contributed by atoms with Gasteiger partial charge in [-0.3, -0.25) is 10.9 Å². The zero-order chi connectivity index (χ0) is 12.4. The molecule has 100 valence electrons. The fourth-order valence-corrected chi connectivity index (χ4v) is 1.53. The molecule has 0 atom stereocenters. The normalized spacial score (nSPS) is 17.4. The fourth-order valence-electron chi connectivity index (χ4n) is 1.53. The maximum atomic E-state index is 3.37. The summed E-state index contributed by atoms with van der Waals surface area (Å²) in [6.07, 6.45) is 6.92. The molecule has 16 heavy (non-hydrogen) atoms. The minimum Gasteiger partial charge on any atom is -0.318 e. The van der Waals surface area contributed by atoms with Crippen molar-refractivity contribution in [1.82, 2.24) is 16.2 Å². The van der Waals surface area contributed by atoms with Gasteiger partial charge in [0, 0.05) is 19.6 Å². The minimum atomic E-state index is 0. The van der Waals surface area contributed by atoms with Crippen molar-refractivity contribution in [3.8, 4) is 0 Å². The van der Waals surface area contributed by atoms with Crippen molar-refractivity contribution in [2.24, 2.45) is 0 Å². The topological polar surface area (TPSA) is 36.1 Å². The van der Waals surface area contributed by atoms with Crippen LogP contribution in [0, 0.1) is 0 Å². The molecular formula is C13H33N3. The summed E-state index contributed by atoms with van der Waals surface area (Å²) in [5, 5.41) is 3.03. The van der Waals surface area contributed by atoms with Gasteiger partial charge in [-0.1, -0.05) is 33.1 Å². The molecule has 0 aromatic rings. The van der Waals surface area contributed by atoms with E-state index in [-0.39, 0.29) is 1.43 Å². The molecule has 0 aromatic carbocycles. The van der Waals surface area contributed by atoms with Crippen molar-refractivity contribution in [1.29, 1.82) is 0 Å². The molecule has 0 saturated heterocycles. The molecule has 0 aliphatic heterocycles. The molecule has 3 nitrogen and oxygen atoms in total. The molecule has 1 rings (SSSR count). The highest BCUT2D eigenvalue weighted by atomic mass is 15.4. The van der Waals surface area contributed by atoms with Crippen molar-refractivity contribution in [2.45, 2.75) is 77.9 Å². The third-order valence-corrected chi connectivity index (χ3v) is 2.76. The Hall–Kier alpha value is -0.120. The van der Waals surface area contributed by atoms with Crippen molar-refractivity contribution in [3.63, 3.8) is 0 Å². The maximum absolute atomic E-state index is 3.37. The van der Waals surface area contributed by atoms with Crippen LogP contribution in [0.3, 0.4) is 0 Å². The molecule has 1 aliphatic carbocycles. The molecule has 1 aliphatic rings. The lowest BCUT2D eigenvalue weighted by atomic mass is 9.96. The molecule has 0 heterocycles. The Morgan fingerprint density at radius 3 is 1.81 bits per heavy atom. The molecule has 1 fully saturated rings. The highest BCUT2D eigenvalue weighted by Gasteiger charge is 2.11. The van der Waals surface area contributed by atoms with Gasteiger partial charge in [-0.2, -0.15) is 0 Å². The Bertz CT molecular complexity index is 146. The first-order chi connectivity index (χ1) is 7.56. The van der Waals surface area contributed by atoms with Crippen molar-refractivity contribution < 1.29 is 1.43 Å². The van der Waals surface area contributed by atoms with E-state index >= 15 is 0 Å². The van der Waals surface area contributed by atoms with Crippen LogP contribution in [0.4, 0.5) is 0 Å². The molecule has 0 radical (unpaired) electrons. The van der Waals surface area contributed by atoms with Gasteiger partial charge in [0.05, 0.1) is 0 Å². The zero-order valence-corrected chi connectivity index (χ0v) is 11.8. The lowest BCUT2D eigenvalue weighted by molar-refractivity contribution is 0.318. The predicted octanol–water partition coefficient (Wildman–Crippen LogP) is 2.68. The average molecular weight is 231 g/mol. The quantitative estimate of drug-likeness (QED) is 0.651. The first-order valence-electron chi connectivity index (χ1n) is 6.74. The second-order valence-corrected chi connectivity index (χ2v) is 5.22. The molecule has 3 heteroatoms. The van der Waals surface area contributed by atoms with Crippen LogP contribution in [0.25, 0.3) is 0 Å². The average Bonchev–Trinajstić information content (AvgIpc) is 2.28. The molecule has 0 spiro atoms. The molecular weight excluding hydrogens is 198 g/mol. The van der Waals surface area contributed by atoms with Crippen LogP contribution in [0.1, 0.15) is 61.2 Å². The second kappa shape index (κ2) is 10.1. The van der Waals surface area contributed by atoms with E-state index in [2.05, 4.69) is 43.9 Å². The number of nitrogens with one attached hydrogen (secondary N) is 3. The predicted molar refractivity (Wildman–Crippen MR) is 74.6 cm³/mol. The molecule has 3 N–H and O–H groups in total. The van der Waals surface area contributed by atoms with Crippen molar-refractivity contribution >= 4 is 0 Å². The van der Waals surface area contributed by atoms with Gasteiger partial charge in [0.2, 0.25) is 0 Å².